The minimum Gasteiger partial charge on any atom is -0.383 e. The first-order valence-corrected chi connectivity index (χ1v) is 9.33. The standard InChI is InChI=1S/C19H27N7O2/c1-12(27)23-15-6-8-25(9-7-15)10-13-2-4-14(5-3-13)11-26-18(22)16(17(20)21)24-19(26)28/h2-5,15H,6-11,22H2,1H3,(H3,20,21)(H,23,27)(H,24,28). The molecule has 1 aromatic heterocycles. The number of anilines is 1. The summed E-state index contributed by atoms with van der Waals surface area (Å²) in [6, 6.07) is 8.34. The number of amidine groups is 1. The number of piperidine rings is 1. The average molecular weight is 385 g/mol. The molecule has 9 nitrogen and oxygen atoms in total. The average Bonchev–Trinajstić information content (AvgIpc) is 2.93. The van der Waals surface area contributed by atoms with Crippen LogP contribution in [-0.2, 0) is 17.9 Å². The molecule has 9 heteroatoms. The summed E-state index contributed by atoms with van der Waals surface area (Å²) >= 11 is 0. The Hall–Kier alpha value is -3.07. The van der Waals surface area contributed by atoms with Crippen molar-refractivity contribution in [3.63, 3.8) is 0 Å². The lowest BCUT2D eigenvalue weighted by atomic mass is 10.0. The van der Waals surface area contributed by atoms with Crippen LogP contribution >= 0.6 is 0 Å². The fraction of sp³-hybridized carbons (Fsp3) is 0.421. The van der Waals surface area contributed by atoms with Crippen LogP contribution in [0.1, 0.15) is 36.6 Å². The highest BCUT2D eigenvalue weighted by Gasteiger charge is 2.19. The molecule has 2 aromatic rings. The number of likely N-dealkylation sites (tertiary alicyclic amines) is 1. The quantitative estimate of drug-likeness (QED) is 0.356. The van der Waals surface area contributed by atoms with Crippen LogP contribution in [0.4, 0.5) is 5.82 Å². The Morgan fingerprint density at radius 1 is 1.21 bits per heavy atom. The maximum Gasteiger partial charge on any atom is 0.328 e. The van der Waals surface area contributed by atoms with Crippen LogP contribution < -0.4 is 22.5 Å². The van der Waals surface area contributed by atoms with E-state index >= 15 is 0 Å². The third kappa shape index (κ3) is 4.61. The van der Waals surface area contributed by atoms with E-state index in [0.717, 1.165) is 38.0 Å². The molecule has 0 spiro atoms. The molecule has 1 fully saturated rings. The van der Waals surface area contributed by atoms with Gasteiger partial charge < -0.3 is 21.8 Å². The first kappa shape index (κ1) is 19.7. The smallest absolute Gasteiger partial charge is 0.328 e. The van der Waals surface area contributed by atoms with Crippen LogP contribution in [0, 0.1) is 5.41 Å². The third-order valence-electron chi connectivity index (χ3n) is 5.06. The molecule has 7 N–H and O–H groups in total. The maximum absolute atomic E-state index is 12.0. The van der Waals surface area contributed by atoms with Crippen LogP contribution in [0.3, 0.4) is 0 Å². The van der Waals surface area contributed by atoms with Gasteiger partial charge in [0.1, 0.15) is 17.3 Å². The third-order valence-corrected chi connectivity index (χ3v) is 5.06. The van der Waals surface area contributed by atoms with Crippen molar-refractivity contribution in [1.82, 2.24) is 19.8 Å². The number of hydrogen-bond donors (Lipinski definition) is 5. The molecule has 0 unspecified atom stereocenters. The number of aromatic nitrogens is 2. The summed E-state index contributed by atoms with van der Waals surface area (Å²) in [5, 5.41) is 10.4. The molecule has 1 aliphatic rings. The summed E-state index contributed by atoms with van der Waals surface area (Å²) in [6.07, 6.45) is 1.93. The molecule has 1 aromatic carbocycles. The number of nitrogen functional groups attached to an aromatic ring is 2. The Labute approximate surface area is 163 Å². The van der Waals surface area contributed by atoms with Gasteiger partial charge >= 0.3 is 5.69 Å². The van der Waals surface area contributed by atoms with Crippen molar-refractivity contribution >= 4 is 17.6 Å². The molecule has 150 valence electrons. The lowest BCUT2D eigenvalue weighted by Gasteiger charge is -2.32. The van der Waals surface area contributed by atoms with Gasteiger partial charge in [-0.15, -0.1) is 0 Å². The van der Waals surface area contributed by atoms with Gasteiger partial charge in [0.05, 0.1) is 6.54 Å². The SMILES string of the molecule is CC(=O)NC1CCN(Cc2ccc(Cn3c(N)c(C(=N)N)[nH]c3=O)cc2)CC1. The number of nitrogens with two attached hydrogens (primary N) is 2. The highest BCUT2D eigenvalue weighted by molar-refractivity contribution is 5.97. The Balaban J connectivity index is 1.58. The second-order valence-corrected chi connectivity index (χ2v) is 7.26. The van der Waals surface area contributed by atoms with E-state index in [-0.39, 0.29) is 35.0 Å². The van der Waals surface area contributed by atoms with Crippen molar-refractivity contribution in [3.8, 4) is 0 Å². The summed E-state index contributed by atoms with van der Waals surface area (Å²) in [4.78, 5) is 28.1. The lowest BCUT2D eigenvalue weighted by molar-refractivity contribution is -0.119. The fourth-order valence-electron chi connectivity index (χ4n) is 3.56. The zero-order valence-corrected chi connectivity index (χ0v) is 16.0. The molecule has 1 aliphatic heterocycles. The van der Waals surface area contributed by atoms with E-state index in [4.69, 9.17) is 16.9 Å². The Kier molecular flexibility index (Phi) is 5.84. The van der Waals surface area contributed by atoms with E-state index in [1.165, 1.54) is 10.1 Å². The summed E-state index contributed by atoms with van der Waals surface area (Å²) < 4.78 is 1.37. The molecule has 0 atom stereocenters. The molecule has 0 saturated carbocycles. The predicted octanol–water partition coefficient (Wildman–Crippen LogP) is 0.191. The molecule has 2 heterocycles. The van der Waals surface area contributed by atoms with Crippen LogP contribution in [-0.4, -0.2) is 45.3 Å². The number of nitrogens with zero attached hydrogens (tertiary/aromatic N) is 2. The largest absolute Gasteiger partial charge is 0.383 e. The van der Waals surface area contributed by atoms with Crippen LogP contribution in [0.25, 0.3) is 0 Å². The van der Waals surface area contributed by atoms with Gasteiger partial charge in [0.2, 0.25) is 5.91 Å². The van der Waals surface area contributed by atoms with Crippen molar-refractivity contribution in [2.24, 2.45) is 5.73 Å². The molecule has 3 rings (SSSR count). The van der Waals surface area contributed by atoms with Crippen molar-refractivity contribution in [1.29, 1.82) is 5.41 Å². The van der Waals surface area contributed by atoms with E-state index in [2.05, 4.69) is 27.3 Å². The van der Waals surface area contributed by atoms with Crippen LogP contribution in [0.5, 0.6) is 0 Å². The monoisotopic (exact) mass is 385 g/mol. The number of benzene rings is 1. The van der Waals surface area contributed by atoms with E-state index in [1.807, 2.05) is 12.1 Å². The van der Waals surface area contributed by atoms with Crippen LogP contribution in [0.2, 0.25) is 0 Å². The van der Waals surface area contributed by atoms with Gasteiger partial charge in [0.25, 0.3) is 0 Å². The van der Waals surface area contributed by atoms with Gasteiger partial charge in [-0.05, 0) is 24.0 Å². The number of H-pyrrole nitrogens is 1. The van der Waals surface area contributed by atoms with Gasteiger partial charge in [-0.3, -0.25) is 19.7 Å². The summed E-state index contributed by atoms with van der Waals surface area (Å²) in [7, 11) is 0. The molecule has 0 aliphatic carbocycles. The minimum absolute atomic E-state index is 0.0339. The topological polar surface area (TPSA) is 146 Å². The second kappa shape index (κ2) is 8.30. The first-order chi connectivity index (χ1) is 13.3. The van der Waals surface area contributed by atoms with Gasteiger partial charge in [0.15, 0.2) is 0 Å². The van der Waals surface area contributed by atoms with E-state index in [9.17, 15) is 9.59 Å². The number of hydrogen-bond acceptors (Lipinski definition) is 5. The normalized spacial score (nSPS) is 15.5. The number of carbonyl (C=O) groups is 1. The molecular formula is C19H27N7O2. The first-order valence-electron chi connectivity index (χ1n) is 9.33. The molecular weight excluding hydrogens is 358 g/mol. The molecule has 1 amide bonds. The summed E-state index contributed by atoms with van der Waals surface area (Å²) in [5.41, 5.74) is 13.3. The number of carbonyl (C=O) groups excluding carboxylic acids is 1. The van der Waals surface area contributed by atoms with E-state index in [1.54, 1.807) is 6.92 Å². The number of rotatable bonds is 6. The highest BCUT2D eigenvalue weighted by atomic mass is 16.2. The Morgan fingerprint density at radius 3 is 2.29 bits per heavy atom. The lowest BCUT2D eigenvalue weighted by Crippen LogP contribution is -2.43. The summed E-state index contributed by atoms with van der Waals surface area (Å²) in [5.74, 6) is -0.0544. The molecule has 1 saturated heterocycles. The Bertz CT molecular complexity index is 905. The zero-order valence-electron chi connectivity index (χ0n) is 16.0. The number of imidazole rings is 1. The number of nitrogens with one attached hydrogen (secondary N) is 3. The minimum atomic E-state index is -0.381. The van der Waals surface area contributed by atoms with Crippen molar-refractivity contribution in [2.45, 2.75) is 38.9 Å². The predicted molar refractivity (Wildman–Crippen MR) is 108 cm³/mol. The van der Waals surface area contributed by atoms with Crippen molar-refractivity contribution in [3.05, 3.63) is 51.6 Å². The molecule has 0 radical (unpaired) electrons. The van der Waals surface area contributed by atoms with Gasteiger partial charge in [-0.1, -0.05) is 24.3 Å². The zero-order chi connectivity index (χ0) is 20.3. The second-order valence-electron chi connectivity index (χ2n) is 7.26. The van der Waals surface area contributed by atoms with Gasteiger partial charge in [0, 0.05) is 32.6 Å². The highest BCUT2D eigenvalue weighted by Crippen LogP contribution is 2.15. The van der Waals surface area contributed by atoms with Crippen molar-refractivity contribution < 1.29 is 4.79 Å². The number of aromatic amines is 1. The molecule has 28 heavy (non-hydrogen) atoms. The van der Waals surface area contributed by atoms with E-state index in [0.29, 0.717) is 6.54 Å². The van der Waals surface area contributed by atoms with Crippen molar-refractivity contribution in [2.75, 3.05) is 18.8 Å². The number of amides is 1. The van der Waals surface area contributed by atoms with Crippen LogP contribution in [0.15, 0.2) is 29.1 Å². The van der Waals surface area contributed by atoms with Gasteiger partial charge in [-0.25, -0.2) is 4.79 Å². The maximum atomic E-state index is 12.0. The van der Waals surface area contributed by atoms with Gasteiger partial charge in [-0.2, -0.15) is 0 Å². The van der Waals surface area contributed by atoms with E-state index < -0.39 is 0 Å². The fourth-order valence-corrected chi connectivity index (χ4v) is 3.56. The molecule has 0 bridgehead atoms. The summed E-state index contributed by atoms with van der Waals surface area (Å²) in [6.45, 7) is 4.64. The Morgan fingerprint density at radius 2 is 1.79 bits per heavy atom.